The summed E-state index contributed by atoms with van der Waals surface area (Å²) in [6.45, 7) is 4.02. The first-order valence-electron chi connectivity index (χ1n) is 10.8. The molecular weight excluding hydrogens is 448 g/mol. The number of benzene rings is 2. The summed E-state index contributed by atoms with van der Waals surface area (Å²) in [5.41, 5.74) is 9.66. The Hall–Kier alpha value is -4.04. The van der Waals surface area contributed by atoms with E-state index in [1.807, 2.05) is 50.2 Å². The Labute approximate surface area is 196 Å². The summed E-state index contributed by atoms with van der Waals surface area (Å²) in [6, 6.07) is 21.0. The Bertz CT molecular complexity index is 1730. The maximum atomic E-state index is 13.6. The smallest absolute Gasteiger partial charge is 0.278 e. The molecule has 2 N–H and O–H groups in total. The molecule has 7 nitrogen and oxygen atoms in total. The summed E-state index contributed by atoms with van der Waals surface area (Å²) in [6.07, 6.45) is 1.69. The summed E-state index contributed by atoms with van der Waals surface area (Å²) in [4.78, 5) is 18.2. The highest BCUT2D eigenvalue weighted by molar-refractivity contribution is 7.91. The van der Waals surface area contributed by atoms with E-state index in [4.69, 9.17) is 10.7 Å². The average molecular weight is 472 g/mol. The van der Waals surface area contributed by atoms with Gasteiger partial charge in [-0.15, -0.1) is 0 Å². The van der Waals surface area contributed by atoms with Crippen molar-refractivity contribution in [3.8, 4) is 0 Å². The van der Waals surface area contributed by atoms with Crippen LogP contribution in [0.25, 0.3) is 16.7 Å². The van der Waals surface area contributed by atoms with Gasteiger partial charge in [0.25, 0.3) is 11.2 Å². The molecule has 0 saturated carbocycles. The molecule has 3 heterocycles. The average Bonchev–Trinajstić information content (AvgIpc) is 2.82. The van der Waals surface area contributed by atoms with Crippen molar-refractivity contribution in [1.82, 2.24) is 9.38 Å². The maximum absolute atomic E-state index is 13.6. The molecular formula is C26H23N4O3S+. The summed E-state index contributed by atoms with van der Waals surface area (Å²) >= 11 is 0. The van der Waals surface area contributed by atoms with E-state index < -0.39 is 9.84 Å². The Balaban J connectivity index is 1.87. The van der Waals surface area contributed by atoms with E-state index in [0.29, 0.717) is 11.3 Å². The molecule has 0 fully saturated rings. The highest BCUT2D eigenvalue weighted by Crippen LogP contribution is 2.27. The highest BCUT2D eigenvalue weighted by atomic mass is 32.2. The summed E-state index contributed by atoms with van der Waals surface area (Å²) < 4.78 is 30.3. The molecule has 0 bridgehead atoms. The number of aromatic nitrogens is 3. The van der Waals surface area contributed by atoms with Crippen LogP contribution in [-0.2, 0) is 16.4 Å². The van der Waals surface area contributed by atoms with Gasteiger partial charge in [-0.25, -0.2) is 13.0 Å². The number of pyridine rings is 2. The largest absolute Gasteiger partial charge is 0.317 e. The number of fused-ring (bicyclic) bond motifs is 2. The van der Waals surface area contributed by atoms with Gasteiger partial charge in [-0.05, 0) is 49.2 Å². The van der Waals surface area contributed by atoms with Gasteiger partial charge in [0.2, 0.25) is 21.3 Å². The second-order valence-corrected chi connectivity index (χ2v) is 10.3. The van der Waals surface area contributed by atoms with Gasteiger partial charge in [-0.1, -0.05) is 59.1 Å². The van der Waals surface area contributed by atoms with Crippen LogP contribution in [0.2, 0.25) is 0 Å². The van der Waals surface area contributed by atoms with E-state index in [0.717, 1.165) is 16.7 Å². The standard InChI is InChI=1S/C26H22N4O3S/c1-17-8-11-20(12-9-17)34(32,33)22-14-21-25(28-23-13-10-18(2)15-29(23)26(21)31)30(24(22)27)16-19-6-4-3-5-7-19/h3-15,27H,16H2,1-2H3/p+1. The first-order chi connectivity index (χ1) is 16.3. The van der Waals surface area contributed by atoms with Crippen LogP contribution < -0.4 is 15.9 Å². The number of aryl methyl sites for hydroxylation is 2. The lowest BCUT2D eigenvalue weighted by molar-refractivity contribution is -0.651. The van der Waals surface area contributed by atoms with Crippen LogP contribution in [-0.4, -0.2) is 17.8 Å². The van der Waals surface area contributed by atoms with Crippen LogP contribution >= 0.6 is 0 Å². The van der Waals surface area contributed by atoms with Crippen molar-refractivity contribution in [3.63, 3.8) is 0 Å². The molecule has 0 aliphatic rings. The molecule has 0 radical (unpaired) electrons. The van der Waals surface area contributed by atoms with Gasteiger partial charge in [-0.3, -0.25) is 9.20 Å². The number of hydrogen-bond donors (Lipinski definition) is 1. The molecule has 0 amide bonds. The van der Waals surface area contributed by atoms with Gasteiger partial charge in [0.1, 0.15) is 10.3 Å². The number of nitrogen functional groups attached to an aromatic ring is 1. The summed E-state index contributed by atoms with van der Waals surface area (Å²) in [5, 5.41) is 0.180. The van der Waals surface area contributed by atoms with E-state index in [1.54, 1.807) is 41.1 Å². The van der Waals surface area contributed by atoms with Crippen molar-refractivity contribution < 1.29 is 13.0 Å². The Kier molecular flexibility index (Phi) is 5.17. The molecule has 0 saturated heterocycles. The lowest BCUT2D eigenvalue weighted by Gasteiger charge is -2.13. The molecule has 0 atom stereocenters. The molecule has 3 aromatic heterocycles. The Morgan fingerprint density at radius 3 is 2.32 bits per heavy atom. The van der Waals surface area contributed by atoms with E-state index in [2.05, 4.69) is 0 Å². The number of nitrogens with two attached hydrogens (primary N) is 1. The number of rotatable bonds is 4. The van der Waals surface area contributed by atoms with Crippen molar-refractivity contribution in [2.45, 2.75) is 30.2 Å². The maximum Gasteiger partial charge on any atom is 0.278 e. The molecule has 2 aromatic carbocycles. The zero-order chi connectivity index (χ0) is 24.0. The fourth-order valence-electron chi connectivity index (χ4n) is 4.02. The van der Waals surface area contributed by atoms with Crippen molar-refractivity contribution in [2.75, 3.05) is 5.73 Å². The normalized spacial score (nSPS) is 11.8. The third-order valence-electron chi connectivity index (χ3n) is 5.86. The van der Waals surface area contributed by atoms with E-state index in [1.165, 1.54) is 10.5 Å². The first kappa shape index (κ1) is 21.8. The predicted molar refractivity (Wildman–Crippen MR) is 130 cm³/mol. The summed E-state index contributed by atoms with van der Waals surface area (Å²) in [5.74, 6) is 0.0280. The van der Waals surface area contributed by atoms with Crippen LogP contribution in [0.4, 0.5) is 5.82 Å². The third kappa shape index (κ3) is 3.62. The molecule has 170 valence electrons. The van der Waals surface area contributed by atoms with Crippen LogP contribution in [0.5, 0.6) is 0 Å². The lowest BCUT2D eigenvalue weighted by Crippen LogP contribution is -2.42. The number of hydrogen-bond acceptors (Lipinski definition) is 5. The molecule has 0 unspecified atom stereocenters. The highest BCUT2D eigenvalue weighted by Gasteiger charge is 2.29. The van der Waals surface area contributed by atoms with Gasteiger partial charge >= 0.3 is 0 Å². The van der Waals surface area contributed by atoms with E-state index in [9.17, 15) is 13.2 Å². The topological polar surface area (TPSA) is 98.4 Å². The number of anilines is 1. The minimum Gasteiger partial charge on any atom is -0.317 e. The molecule has 0 aliphatic heterocycles. The van der Waals surface area contributed by atoms with Gasteiger partial charge in [0.15, 0.2) is 0 Å². The van der Waals surface area contributed by atoms with Gasteiger partial charge in [-0.2, -0.15) is 0 Å². The molecule has 34 heavy (non-hydrogen) atoms. The van der Waals surface area contributed by atoms with Gasteiger partial charge in [0.05, 0.1) is 11.4 Å². The second-order valence-electron chi connectivity index (χ2n) is 8.37. The Morgan fingerprint density at radius 2 is 1.62 bits per heavy atom. The minimum atomic E-state index is -3.99. The quantitative estimate of drug-likeness (QED) is 0.321. The Morgan fingerprint density at radius 1 is 0.941 bits per heavy atom. The molecule has 5 rings (SSSR count). The molecule has 0 spiro atoms. The van der Waals surface area contributed by atoms with E-state index in [-0.39, 0.29) is 33.1 Å². The zero-order valence-electron chi connectivity index (χ0n) is 18.8. The van der Waals surface area contributed by atoms with Crippen molar-refractivity contribution in [3.05, 3.63) is 106 Å². The van der Waals surface area contributed by atoms with Gasteiger partial charge in [0, 0.05) is 6.20 Å². The lowest BCUT2D eigenvalue weighted by atomic mass is 10.2. The summed E-state index contributed by atoms with van der Waals surface area (Å²) in [7, 11) is -3.99. The molecule has 8 heteroatoms. The molecule has 0 aliphatic carbocycles. The van der Waals surface area contributed by atoms with E-state index >= 15 is 0 Å². The first-order valence-corrected chi connectivity index (χ1v) is 12.2. The van der Waals surface area contributed by atoms with Crippen molar-refractivity contribution >= 4 is 32.3 Å². The number of nitrogens with zero attached hydrogens (tertiary/aromatic N) is 3. The van der Waals surface area contributed by atoms with Gasteiger partial charge < -0.3 is 5.73 Å². The third-order valence-corrected chi connectivity index (χ3v) is 7.66. The number of sulfone groups is 1. The van der Waals surface area contributed by atoms with Crippen molar-refractivity contribution in [2.24, 2.45) is 0 Å². The SMILES string of the molecule is Cc1ccc(S(=O)(=O)c2cc3c(=O)n4cc(C)ccc4nc3[n+](Cc3ccccc3)c2N)cc1. The fraction of sp³-hybridized carbons (Fsp3) is 0.115. The predicted octanol–water partition coefficient (Wildman–Crippen LogP) is 3.22. The van der Waals surface area contributed by atoms with Crippen LogP contribution in [0, 0.1) is 13.8 Å². The van der Waals surface area contributed by atoms with Crippen molar-refractivity contribution in [1.29, 1.82) is 0 Å². The van der Waals surface area contributed by atoms with Crippen LogP contribution in [0.1, 0.15) is 16.7 Å². The van der Waals surface area contributed by atoms with Crippen LogP contribution in [0.3, 0.4) is 0 Å². The second kappa shape index (κ2) is 8.07. The fourth-order valence-corrected chi connectivity index (χ4v) is 5.42. The monoisotopic (exact) mass is 471 g/mol. The minimum absolute atomic E-state index is 0.0280. The molecule has 5 aromatic rings. The zero-order valence-corrected chi connectivity index (χ0v) is 19.6. The van der Waals surface area contributed by atoms with Crippen LogP contribution in [0.15, 0.2) is 93.6 Å².